The van der Waals surface area contributed by atoms with E-state index in [2.05, 4.69) is 13.8 Å². The van der Waals surface area contributed by atoms with Gasteiger partial charge in [0.1, 0.15) is 48.8 Å². The van der Waals surface area contributed by atoms with Crippen LogP contribution in [0, 0.1) is 16.7 Å². The maximum atomic E-state index is 10.5. The number of hydrogen-bond donors (Lipinski definition) is 8. The van der Waals surface area contributed by atoms with Gasteiger partial charge in [0, 0.05) is 5.41 Å². The fraction of sp³-hybridized carbons (Fsp3) is 1.00. The van der Waals surface area contributed by atoms with Crippen molar-refractivity contribution in [2.24, 2.45) is 16.7 Å². The fourth-order valence-electron chi connectivity index (χ4n) is 6.16. The number of rotatable bonds is 6. The molecule has 0 aromatic rings. The van der Waals surface area contributed by atoms with Gasteiger partial charge in [0.15, 0.2) is 12.6 Å². The van der Waals surface area contributed by atoms with Crippen LogP contribution < -0.4 is 0 Å². The molecule has 4 fully saturated rings. The van der Waals surface area contributed by atoms with Crippen molar-refractivity contribution in [3.05, 3.63) is 0 Å². The summed E-state index contributed by atoms with van der Waals surface area (Å²) in [6.45, 7) is 5.13. The Balaban J connectivity index is 1.41. The Hall–Kier alpha value is -0.480. The number of ether oxygens (including phenoxy) is 4. The van der Waals surface area contributed by atoms with Gasteiger partial charge in [-0.15, -0.1) is 0 Å². The summed E-state index contributed by atoms with van der Waals surface area (Å²) >= 11 is 0. The molecule has 0 radical (unpaired) electrons. The van der Waals surface area contributed by atoms with E-state index in [1.807, 2.05) is 6.92 Å². The van der Waals surface area contributed by atoms with Crippen LogP contribution in [0.25, 0.3) is 0 Å². The monoisotopic (exact) mass is 494 g/mol. The predicted octanol–water partition coefficient (Wildman–Crippen LogP) is -3.19. The molecule has 0 spiro atoms. The van der Waals surface area contributed by atoms with E-state index < -0.39 is 80.7 Å². The molecule has 2 bridgehead atoms. The number of hydrogen-bond acceptors (Lipinski definition) is 12. The first-order valence-corrected chi connectivity index (χ1v) is 11.8. The summed E-state index contributed by atoms with van der Waals surface area (Å²) in [6, 6.07) is 0. The summed E-state index contributed by atoms with van der Waals surface area (Å²) in [4.78, 5) is 0. The Morgan fingerprint density at radius 1 is 0.765 bits per heavy atom. The minimum atomic E-state index is -1.64. The van der Waals surface area contributed by atoms with Crippen LogP contribution in [0.2, 0.25) is 0 Å². The highest BCUT2D eigenvalue weighted by Gasteiger charge is 2.66. The molecule has 2 heterocycles. The zero-order chi connectivity index (χ0) is 25.2. The standard InChI is InChI=1S/C22H38O12/c1-21(2)8-4-12(22(21,3)5-9(8)24)34-20-18(30)16(28)14(26)11(33-20)7-31-19-17(29)15(27)13(25)10(6-23)32-19/h8-20,23-30H,4-7H2,1-3H3/t8-,9+,10+,11-,12-,13+,14-,15-,16+,17+,18-,19+,20+,22-/m1/s1. The van der Waals surface area contributed by atoms with Crippen LogP contribution in [0.5, 0.6) is 0 Å². The Bertz CT molecular complexity index is 720. The average molecular weight is 495 g/mol. The largest absolute Gasteiger partial charge is 0.394 e. The molecule has 4 aliphatic rings. The summed E-state index contributed by atoms with van der Waals surface area (Å²) < 4.78 is 22.6. The molecule has 0 aromatic carbocycles. The summed E-state index contributed by atoms with van der Waals surface area (Å²) in [5.41, 5.74) is -0.593. The molecular formula is C22H38O12. The lowest BCUT2D eigenvalue weighted by molar-refractivity contribution is -0.340. The molecule has 12 heteroatoms. The molecule has 0 aromatic heterocycles. The fourth-order valence-corrected chi connectivity index (χ4v) is 6.16. The lowest BCUT2D eigenvalue weighted by Gasteiger charge is -2.45. The minimum absolute atomic E-state index is 0.0177. The Labute approximate surface area is 197 Å². The van der Waals surface area contributed by atoms with Gasteiger partial charge in [0.25, 0.3) is 0 Å². The van der Waals surface area contributed by atoms with Crippen molar-refractivity contribution < 1.29 is 59.8 Å². The minimum Gasteiger partial charge on any atom is -0.394 e. The van der Waals surface area contributed by atoms with Crippen LogP contribution in [0.3, 0.4) is 0 Å². The van der Waals surface area contributed by atoms with Gasteiger partial charge in [-0.2, -0.15) is 0 Å². The first-order chi connectivity index (χ1) is 15.8. The summed E-state index contributed by atoms with van der Waals surface area (Å²) in [5, 5.41) is 80.9. The Morgan fingerprint density at radius 3 is 1.85 bits per heavy atom. The van der Waals surface area contributed by atoms with Crippen LogP contribution >= 0.6 is 0 Å². The lowest BCUT2D eigenvalue weighted by atomic mass is 9.70. The van der Waals surface area contributed by atoms with Crippen molar-refractivity contribution in [3.8, 4) is 0 Å². The summed E-state index contributed by atoms with van der Waals surface area (Å²) in [5.74, 6) is 0.0177. The van der Waals surface area contributed by atoms with Crippen LogP contribution in [0.4, 0.5) is 0 Å². The van der Waals surface area contributed by atoms with Gasteiger partial charge >= 0.3 is 0 Å². The number of aliphatic hydroxyl groups excluding tert-OH is 8. The van der Waals surface area contributed by atoms with E-state index in [-0.39, 0.29) is 22.9 Å². The van der Waals surface area contributed by atoms with Crippen LogP contribution in [0.15, 0.2) is 0 Å². The molecule has 8 N–H and O–H groups in total. The summed E-state index contributed by atoms with van der Waals surface area (Å²) in [7, 11) is 0. The van der Waals surface area contributed by atoms with E-state index in [1.54, 1.807) is 0 Å². The predicted molar refractivity (Wildman–Crippen MR) is 112 cm³/mol. The van der Waals surface area contributed by atoms with E-state index in [9.17, 15) is 40.9 Å². The molecule has 34 heavy (non-hydrogen) atoms. The zero-order valence-corrected chi connectivity index (χ0v) is 19.5. The third kappa shape index (κ3) is 4.11. The molecule has 2 aliphatic heterocycles. The molecular weight excluding hydrogens is 456 g/mol. The molecule has 2 saturated carbocycles. The Kier molecular flexibility index (Phi) is 7.38. The number of aliphatic hydroxyl groups is 8. The average Bonchev–Trinajstić information content (AvgIpc) is 3.08. The molecule has 2 aliphatic carbocycles. The van der Waals surface area contributed by atoms with E-state index in [0.29, 0.717) is 12.8 Å². The topological polar surface area (TPSA) is 199 Å². The lowest BCUT2D eigenvalue weighted by Crippen LogP contribution is -2.62. The van der Waals surface area contributed by atoms with Crippen molar-refractivity contribution in [1.82, 2.24) is 0 Å². The van der Waals surface area contributed by atoms with Crippen molar-refractivity contribution in [2.45, 2.75) is 107 Å². The van der Waals surface area contributed by atoms with E-state index >= 15 is 0 Å². The highest BCUT2D eigenvalue weighted by atomic mass is 16.7. The zero-order valence-electron chi connectivity index (χ0n) is 19.5. The number of fused-ring (bicyclic) bond motifs is 2. The van der Waals surface area contributed by atoms with Crippen molar-refractivity contribution in [2.75, 3.05) is 13.2 Å². The molecule has 14 atom stereocenters. The second kappa shape index (κ2) is 9.43. The van der Waals surface area contributed by atoms with E-state index in [0.717, 1.165) is 0 Å². The van der Waals surface area contributed by atoms with Gasteiger partial charge in [0.05, 0.1) is 25.4 Å². The molecule has 12 nitrogen and oxygen atoms in total. The highest BCUT2D eigenvalue weighted by molar-refractivity contribution is 5.14. The molecule has 0 amide bonds. The van der Waals surface area contributed by atoms with Crippen molar-refractivity contribution >= 4 is 0 Å². The van der Waals surface area contributed by atoms with Crippen LogP contribution in [-0.2, 0) is 18.9 Å². The van der Waals surface area contributed by atoms with Gasteiger partial charge in [-0.3, -0.25) is 0 Å². The van der Waals surface area contributed by atoms with E-state index in [4.69, 9.17) is 18.9 Å². The molecule has 0 unspecified atom stereocenters. The van der Waals surface area contributed by atoms with Crippen LogP contribution in [0.1, 0.15) is 33.6 Å². The van der Waals surface area contributed by atoms with Gasteiger partial charge in [-0.25, -0.2) is 0 Å². The van der Waals surface area contributed by atoms with Gasteiger partial charge in [-0.05, 0) is 24.2 Å². The molecule has 4 rings (SSSR count). The van der Waals surface area contributed by atoms with Gasteiger partial charge in [0.2, 0.25) is 0 Å². The first-order valence-electron chi connectivity index (χ1n) is 11.8. The first kappa shape index (κ1) is 26.6. The maximum absolute atomic E-state index is 10.5. The SMILES string of the molecule is CC1(C)[C@@H]2C[C@@H](O[C@@H]3O[C@H](CO[C@H]4O[C@@H](CO)[C@H](O)[C@@H](O)[C@@H]4O)[C@@H](O)[C@H](O)[C@H]3O)[C@@]1(C)C[C@@H]2O. The van der Waals surface area contributed by atoms with Gasteiger partial charge < -0.3 is 59.8 Å². The molecule has 198 valence electrons. The third-order valence-electron chi connectivity index (χ3n) is 8.92. The Morgan fingerprint density at radius 2 is 1.32 bits per heavy atom. The van der Waals surface area contributed by atoms with E-state index in [1.165, 1.54) is 0 Å². The second-order valence-electron chi connectivity index (χ2n) is 10.9. The quantitative estimate of drug-likeness (QED) is 0.184. The van der Waals surface area contributed by atoms with Crippen LogP contribution in [-0.4, -0.2) is 128 Å². The molecule has 2 saturated heterocycles. The second-order valence-corrected chi connectivity index (χ2v) is 10.9. The maximum Gasteiger partial charge on any atom is 0.186 e. The third-order valence-corrected chi connectivity index (χ3v) is 8.92. The summed E-state index contributed by atoms with van der Waals surface area (Å²) in [6.07, 6.45) is -14.3. The smallest absolute Gasteiger partial charge is 0.186 e. The van der Waals surface area contributed by atoms with Gasteiger partial charge in [-0.1, -0.05) is 20.8 Å². The van der Waals surface area contributed by atoms with Crippen molar-refractivity contribution in [3.63, 3.8) is 0 Å². The van der Waals surface area contributed by atoms with Crippen molar-refractivity contribution in [1.29, 1.82) is 0 Å². The highest BCUT2D eigenvalue weighted by Crippen LogP contribution is 2.66. The normalized spacial score (nSPS) is 55.0.